The van der Waals surface area contributed by atoms with E-state index in [1.807, 2.05) is 13.0 Å². The number of rotatable bonds is 3. The van der Waals surface area contributed by atoms with Crippen LogP contribution in [0.5, 0.6) is 5.75 Å². The van der Waals surface area contributed by atoms with E-state index in [-0.39, 0.29) is 5.91 Å². The molecule has 2 N–H and O–H groups in total. The van der Waals surface area contributed by atoms with Gasteiger partial charge in [0.25, 0.3) is 11.8 Å². The van der Waals surface area contributed by atoms with Gasteiger partial charge in [-0.2, -0.15) is 0 Å². The Bertz CT molecular complexity index is 765. The molecule has 0 aromatic heterocycles. The van der Waals surface area contributed by atoms with Gasteiger partial charge in [-0.15, -0.1) is 0 Å². The number of benzene rings is 2. The van der Waals surface area contributed by atoms with Crippen LogP contribution in [-0.4, -0.2) is 18.9 Å². The molecule has 0 unspecified atom stereocenters. The maximum absolute atomic E-state index is 12.1. The number of nitrogens with one attached hydrogen (secondary N) is 2. The number of carbonyl (C=O) groups is 2. The topological polar surface area (TPSA) is 67.4 Å². The lowest BCUT2D eigenvalue weighted by atomic mass is 10.1. The van der Waals surface area contributed by atoms with Crippen molar-refractivity contribution in [2.45, 2.75) is 6.92 Å². The fourth-order valence-corrected chi connectivity index (χ4v) is 2.91. The van der Waals surface area contributed by atoms with E-state index in [2.05, 4.69) is 49.4 Å². The first-order valence-corrected chi connectivity index (χ1v) is 8.50. The molecule has 0 aliphatic rings. The Morgan fingerprint density at radius 2 is 1.61 bits per heavy atom. The van der Waals surface area contributed by atoms with Crippen molar-refractivity contribution in [2.24, 2.45) is 0 Å². The normalized spacial score (nSPS) is 10.1. The lowest BCUT2D eigenvalue weighted by Gasteiger charge is -2.09. The third-order valence-corrected chi connectivity index (χ3v) is 4.83. The minimum absolute atomic E-state index is 0.387. The minimum atomic E-state index is -0.398. The van der Waals surface area contributed by atoms with Crippen LogP contribution in [0.25, 0.3) is 0 Å². The van der Waals surface area contributed by atoms with Crippen molar-refractivity contribution in [3.05, 3.63) is 61.1 Å². The molecule has 0 radical (unpaired) electrons. The van der Waals surface area contributed by atoms with Crippen LogP contribution in [0.3, 0.4) is 0 Å². The van der Waals surface area contributed by atoms with Gasteiger partial charge in [-0.05, 0) is 65.4 Å². The number of methoxy groups -OCH3 is 1. The first-order chi connectivity index (χ1) is 10.9. The second-order valence-corrected chi connectivity index (χ2v) is 6.74. The van der Waals surface area contributed by atoms with Crippen molar-refractivity contribution in [2.75, 3.05) is 7.11 Å². The molecular formula is C16H14BrIN2O3. The number of hydrazine groups is 1. The highest BCUT2D eigenvalue weighted by molar-refractivity contribution is 14.1. The Hall–Kier alpha value is -1.61. The Labute approximate surface area is 156 Å². The van der Waals surface area contributed by atoms with Gasteiger partial charge in [-0.25, -0.2) is 0 Å². The average molecular weight is 489 g/mol. The van der Waals surface area contributed by atoms with Crippen molar-refractivity contribution < 1.29 is 14.3 Å². The lowest BCUT2D eigenvalue weighted by Crippen LogP contribution is -2.41. The van der Waals surface area contributed by atoms with E-state index in [4.69, 9.17) is 4.74 Å². The van der Waals surface area contributed by atoms with Gasteiger partial charge in [0, 0.05) is 15.6 Å². The SMILES string of the molecule is COc1ccc(C(=O)NNC(=O)c2ccc(C)c(Br)c2)cc1I. The van der Waals surface area contributed by atoms with Gasteiger partial charge in [0.15, 0.2) is 0 Å². The molecule has 0 aliphatic carbocycles. The summed E-state index contributed by atoms with van der Waals surface area (Å²) in [6, 6.07) is 10.2. The van der Waals surface area contributed by atoms with Crippen molar-refractivity contribution in [3.63, 3.8) is 0 Å². The van der Waals surface area contributed by atoms with E-state index in [9.17, 15) is 9.59 Å². The lowest BCUT2D eigenvalue weighted by molar-refractivity contribution is 0.0846. The fraction of sp³-hybridized carbons (Fsp3) is 0.125. The first kappa shape index (κ1) is 17.7. The smallest absolute Gasteiger partial charge is 0.269 e. The van der Waals surface area contributed by atoms with Gasteiger partial charge >= 0.3 is 0 Å². The van der Waals surface area contributed by atoms with Crippen LogP contribution in [-0.2, 0) is 0 Å². The third kappa shape index (κ3) is 4.44. The maximum atomic E-state index is 12.1. The summed E-state index contributed by atoms with van der Waals surface area (Å²) in [5, 5.41) is 0. The predicted molar refractivity (Wildman–Crippen MR) is 99.5 cm³/mol. The summed E-state index contributed by atoms with van der Waals surface area (Å²) in [5.41, 5.74) is 6.71. The number of halogens is 2. The summed E-state index contributed by atoms with van der Waals surface area (Å²) in [6.45, 7) is 1.93. The molecule has 23 heavy (non-hydrogen) atoms. The van der Waals surface area contributed by atoms with E-state index >= 15 is 0 Å². The number of aryl methyl sites for hydroxylation is 1. The van der Waals surface area contributed by atoms with E-state index in [1.54, 1.807) is 37.4 Å². The summed E-state index contributed by atoms with van der Waals surface area (Å²) < 4.78 is 6.79. The molecule has 0 bridgehead atoms. The standard InChI is InChI=1S/C16H14BrIN2O3/c1-9-3-4-10(7-12(9)17)15(21)19-20-16(22)11-5-6-14(23-2)13(18)8-11/h3-8H,1-2H3,(H,19,21)(H,20,22). The molecule has 2 aromatic carbocycles. The predicted octanol–water partition coefficient (Wildman–Crippen LogP) is 3.45. The average Bonchev–Trinajstić information content (AvgIpc) is 2.54. The highest BCUT2D eigenvalue weighted by Gasteiger charge is 2.11. The molecular weight excluding hydrogens is 475 g/mol. The first-order valence-electron chi connectivity index (χ1n) is 6.62. The second-order valence-electron chi connectivity index (χ2n) is 4.72. The zero-order valence-corrected chi connectivity index (χ0v) is 16.2. The van der Waals surface area contributed by atoms with Crippen molar-refractivity contribution >= 4 is 50.3 Å². The monoisotopic (exact) mass is 488 g/mol. The van der Waals surface area contributed by atoms with E-state index in [0.29, 0.717) is 16.9 Å². The summed E-state index contributed by atoms with van der Waals surface area (Å²) in [7, 11) is 1.57. The van der Waals surface area contributed by atoms with Crippen LogP contribution in [0.15, 0.2) is 40.9 Å². The van der Waals surface area contributed by atoms with Crippen LogP contribution >= 0.6 is 38.5 Å². The van der Waals surface area contributed by atoms with Gasteiger partial charge in [0.2, 0.25) is 0 Å². The number of carbonyl (C=O) groups excluding carboxylic acids is 2. The molecule has 0 heterocycles. The summed E-state index contributed by atoms with van der Waals surface area (Å²) in [4.78, 5) is 24.1. The number of hydrogen-bond donors (Lipinski definition) is 2. The van der Waals surface area contributed by atoms with Gasteiger partial charge in [0.1, 0.15) is 5.75 Å². The third-order valence-electron chi connectivity index (χ3n) is 3.14. The second kappa shape index (κ2) is 7.78. The molecule has 2 rings (SSSR count). The van der Waals surface area contributed by atoms with Gasteiger partial charge in [-0.3, -0.25) is 20.4 Å². The Morgan fingerprint density at radius 1 is 1.04 bits per heavy atom. The van der Waals surface area contributed by atoms with E-state index in [0.717, 1.165) is 13.6 Å². The van der Waals surface area contributed by atoms with Gasteiger partial charge < -0.3 is 4.74 Å². The molecule has 0 saturated heterocycles. The molecule has 0 saturated carbocycles. The minimum Gasteiger partial charge on any atom is -0.496 e. The quantitative estimate of drug-likeness (QED) is 0.513. The van der Waals surface area contributed by atoms with E-state index in [1.165, 1.54) is 0 Å². The Kier molecular flexibility index (Phi) is 6.00. The molecule has 0 atom stereocenters. The molecule has 120 valence electrons. The number of ether oxygens (including phenoxy) is 1. The van der Waals surface area contributed by atoms with Crippen LogP contribution in [0.4, 0.5) is 0 Å². The number of amides is 2. The van der Waals surface area contributed by atoms with Crippen molar-refractivity contribution in [1.82, 2.24) is 10.9 Å². The molecule has 0 fully saturated rings. The number of hydrogen-bond acceptors (Lipinski definition) is 3. The molecule has 0 aliphatic heterocycles. The summed E-state index contributed by atoms with van der Waals surface area (Å²) in [5.74, 6) is -0.0944. The molecule has 5 nitrogen and oxygen atoms in total. The summed E-state index contributed by atoms with van der Waals surface area (Å²) in [6.07, 6.45) is 0. The van der Waals surface area contributed by atoms with Crippen LogP contribution in [0, 0.1) is 10.5 Å². The van der Waals surface area contributed by atoms with E-state index < -0.39 is 5.91 Å². The zero-order chi connectivity index (χ0) is 17.0. The van der Waals surface area contributed by atoms with Crippen molar-refractivity contribution in [3.8, 4) is 5.75 Å². The molecule has 2 amide bonds. The highest BCUT2D eigenvalue weighted by Crippen LogP contribution is 2.21. The van der Waals surface area contributed by atoms with Crippen molar-refractivity contribution in [1.29, 1.82) is 0 Å². The maximum Gasteiger partial charge on any atom is 0.269 e. The van der Waals surface area contributed by atoms with Crippen LogP contribution in [0.1, 0.15) is 26.3 Å². The van der Waals surface area contributed by atoms with Crippen LogP contribution in [0.2, 0.25) is 0 Å². The Balaban J connectivity index is 2.02. The van der Waals surface area contributed by atoms with Gasteiger partial charge in [-0.1, -0.05) is 22.0 Å². The largest absolute Gasteiger partial charge is 0.496 e. The highest BCUT2D eigenvalue weighted by atomic mass is 127. The summed E-state index contributed by atoms with van der Waals surface area (Å²) >= 11 is 5.45. The van der Waals surface area contributed by atoms with Crippen LogP contribution < -0.4 is 15.6 Å². The molecule has 7 heteroatoms. The fourth-order valence-electron chi connectivity index (χ4n) is 1.80. The Morgan fingerprint density at radius 3 is 2.13 bits per heavy atom. The van der Waals surface area contributed by atoms with Gasteiger partial charge in [0.05, 0.1) is 10.7 Å². The molecule has 2 aromatic rings. The molecule has 0 spiro atoms. The zero-order valence-electron chi connectivity index (χ0n) is 12.4.